The zero-order valence-electron chi connectivity index (χ0n) is 18.8. The number of aromatic nitrogens is 4. The Bertz CT molecular complexity index is 1240. The number of rotatable bonds is 5. The molecule has 2 aliphatic rings. The third-order valence-corrected chi connectivity index (χ3v) is 6.76. The Morgan fingerprint density at radius 3 is 2.76 bits per heavy atom. The molecule has 172 valence electrons. The molecule has 1 N–H and O–H groups in total. The number of carbonyl (C=O) groups excluding carboxylic acids is 2. The SMILES string of the molecule is Cc1nc2cc([C@H]3CCCN3C(=O)c3cccnc3)[nH]n2c(=O)c1CCC(=O)N1CCCC1. The summed E-state index contributed by atoms with van der Waals surface area (Å²) in [5, 5.41) is 3.19. The third-order valence-electron chi connectivity index (χ3n) is 6.76. The minimum absolute atomic E-state index is 0.0677. The first-order valence-corrected chi connectivity index (χ1v) is 11.6. The van der Waals surface area contributed by atoms with E-state index in [1.54, 1.807) is 24.5 Å². The Hall–Kier alpha value is -3.49. The van der Waals surface area contributed by atoms with Crippen LogP contribution in [0.15, 0.2) is 35.4 Å². The minimum atomic E-state index is -0.180. The Morgan fingerprint density at radius 2 is 2.00 bits per heavy atom. The average molecular weight is 449 g/mol. The number of hydrogen-bond acceptors (Lipinski definition) is 5. The second-order valence-electron chi connectivity index (χ2n) is 8.87. The van der Waals surface area contributed by atoms with E-state index in [4.69, 9.17) is 0 Å². The van der Waals surface area contributed by atoms with E-state index in [0.29, 0.717) is 41.9 Å². The lowest BCUT2D eigenvalue weighted by Gasteiger charge is -2.23. The monoisotopic (exact) mass is 448 g/mol. The Morgan fingerprint density at radius 1 is 1.18 bits per heavy atom. The topological polar surface area (TPSA) is 104 Å². The van der Waals surface area contributed by atoms with Gasteiger partial charge in [0.15, 0.2) is 5.65 Å². The molecule has 3 aromatic heterocycles. The number of hydrogen-bond donors (Lipinski definition) is 1. The summed E-state index contributed by atoms with van der Waals surface area (Å²) in [7, 11) is 0. The van der Waals surface area contributed by atoms with Gasteiger partial charge >= 0.3 is 0 Å². The van der Waals surface area contributed by atoms with Gasteiger partial charge in [0.25, 0.3) is 11.5 Å². The summed E-state index contributed by atoms with van der Waals surface area (Å²) in [6.07, 6.45) is 7.70. The van der Waals surface area contributed by atoms with Gasteiger partial charge in [0.05, 0.1) is 17.3 Å². The zero-order valence-corrected chi connectivity index (χ0v) is 18.8. The second-order valence-corrected chi connectivity index (χ2v) is 8.87. The van der Waals surface area contributed by atoms with Crippen LogP contribution in [-0.2, 0) is 11.2 Å². The molecule has 0 saturated carbocycles. The molecule has 2 aliphatic heterocycles. The molecule has 0 radical (unpaired) electrons. The number of aromatic amines is 1. The summed E-state index contributed by atoms with van der Waals surface area (Å²) in [6.45, 7) is 4.09. The quantitative estimate of drug-likeness (QED) is 0.645. The van der Waals surface area contributed by atoms with Crippen LogP contribution in [0.25, 0.3) is 5.65 Å². The number of fused-ring (bicyclic) bond motifs is 1. The Labute approximate surface area is 191 Å². The van der Waals surface area contributed by atoms with Crippen molar-refractivity contribution in [2.24, 2.45) is 0 Å². The predicted molar refractivity (Wildman–Crippen MR) is 122 cm³/mol. The molecule has 0 bridgehead atoms. The number of H-pyrrole nitrogens is 1. The number of carbonyl (C=O) groups is 2. The lowest BCUT2D eigenvalue weighted by molar-refractivity contribution is -0.130. The van der Waals surface area contributed by atoms with Crippen LogP contribution < -0.4 is 5.56 Å². The van der Waals surface area contributed by atoms with E-state index in [-0.39, 0.29) is 23.4 Å². The van der Waals surface area contributed by atoms with Crippen LogP contribution in [0.4, 0.5) is 0 Å². The fourth-order valence-electron chi connectivity index (χ4n) is 4.99. The fraction of sp³-hybridized carbons (Fsp3) is 0.458. The van der Waals surface area contributed by atoms with E-state index >= 15 is 0 Å². The maximum atomic E-state index is 13.2. The molecule has 1 atom stereocenters. The number of nitrogens with one attached hydrogen (secondary N) is 1. The number of nitrogens with zero attached hydrogens (tertiary/aromatic N) is 5. The molecule has 3 aromatic rings. The van der Waals surface area contributed by atoms with Crippen LogP contribution in [-0.4, -0.2) is 60.8 Å². The summed E-state index contributed by atoms with van der Waals surface area (Å²) in [5.74, 6) is 0.0286. The van der Waals surface area contributed by atoms with Crippen molar-refractivity contribution in [3.05, 3.63) is 63.5 Å². The molecule has 5 heterocycles. The van der Waals surface area contributed by atoms with E-state index in [9.17, 15) is 14.4 Å². The zero-order chi connectivity index (χ0) is 22.9. The van der Waals surface area contributed by atoms with E-state index in [2.05, 4.69) is 15.1 Å². The fourth-order valence-corrected chi connectivity index (χ4v) is 4.99. The van der Waals surface area contributed by atoms with E-state index in [0.717, 1.165) is 44.5 Å². The standard InChI is InChI=1S/C24H28N6O3/c1-16-18(8-9-22(31)28-11-2-3-12-28)24(33)30-21(26-16)14-19(27-30)20-7-5-13-29(20)23(32)17-6-4-10-25-15-17/h4,6,10,14-15,20,27H,2-3,5,7-9,11-13H2,1H3/t20-/m1/s1. The van der Waals surface area contributed by atoms with Gasteiger partial charge in [-0.3, -0.25) is 24.5 Å². The molecular weight excluding hydrogens is 420 g/mol. The average Bonchev–Trinajstić information content (AvgIpc) is 3.59. The van der Waals surface area contributed by atoms with E-state index in [1.165, 1.54) is 4.52 Å². The van der Waals surface area contributed by atoms with Crippen molar-refractivity contribution in [2.45, 2.75) is 51.5 Å². The highest BCUT2D eigenvalue weighted by atomic mass is 16.2. The highest BCUT2D eigenvalue weighted by Crippen LogP contribution is 2.32. The van der Waals surface area contributed by atoms with Crippen LogP contribution >= 0.6 is 0 Å². The lowest BCUT2D eigenvalue weighted by atomic mass is 10.1. The summed E-state index contributed by atoms with van der Waals surface area (Å²) in [4.78, 5) is 51.1. The lowest BCUT2D eigenvalue weighted by Crippen LogP contribution is -2.31. The second kappa shape index (κ2) is 8.80. The summed E-state index contributed by atoms with van der Waals surface area (Å²) in [6, 6.07) is 5.22. The van der Waals surface area contributed by atoms with Gasteiger partial charge in [-0.25, -0.2) is 9.50 Å². The van der Waals surface area contributed by atoms with Gasteiger partial charge < -0.3 is 9.80 Å². The van der Waals surface area contributed by atoms with Crippen LogP contribution in [0.2, 0.25) is 0 Å². The van der Waals surface area contributed by atoms with Gasteiger partial charge in [-0.15, -0.1) is 0 Å². The van der Waals surface area contributed by atoms with Crippen molar-refractivity contribution in [3.63, 3.8) is 0 Å². The van der Waals surface area contributed by atoms with Gasteiger partial charge in [0, 0.05) is 55.8 Å². The first kappa shape index (κ1) is 21.4. The molecule has 9 nitrogen and oxygen atoms in total. The smallest absolute Gasteiger partial charge is 0.276 e. The molecule has 2 amide bonds. The van der Waals surface area contributed by atoms with E-state index < -0.39 is 0 Å². The Balaban J connectivity index is 1.40. The molecule has 0 unspecified atom stereocenters. The van der Waals surface area contributed by atoms with Crippen LogP contribution in [0.5, 0.6) is 0 Å². The van der Waals surface area contributed by atoms with Gasteiger partial charge in [-0.05, 0) is 51.2 Å². The largest absolute Gasteiger partial charge is 0.343 e. The summed E-state index contributed by atoms with van der Waals surface area (Å²) < 4.78 is 1.45. The molecule has 9 heteroatoms. The maximum absolute atomic E-state index is 13.2. The first-order chi connectivity index (χ1) is 16.0. The minimum Gasteiger partial charge on any atom is -0.343 e. The molecule has 0 aromatic carbocycles. The molecule has 0 spiro atoms. The van der Waals surface area contributed by atoms with Crippen molar-refractivity contribution in [1.82, 2.24) is 29.4 Å². The van der Waals surface area contributed by atoms with Crippen molar-refractivity contribution < 1.29 is 9.59 Å². The maximum Gasteiger partial charge on any atom is 0.276 e. The molecule has 2 saturated heterocycles. The molecular formula is C24H28N6O3. The molecule has 5 rings (SSSR count). The van der Waals surface area contributed by atoms with Crippen LogP contribution in [0.1, 0.15) is 65.5 Å². The number of aryl methyl sites for hydroxylation is 1. The normalized spacial score (nSPS) is 18.4. The van der Waals surface area contributed by atoms with Crippen LogP contribution in [0, 0.1) is 6.92 Å². The van der Waals surface area contributed by atoms with Crippen molar-refractivity contribution >= 4 is 17.5 Å². The van der Waals surface area contributed by atoms with Crippen LogP contribution in [0.3, 0.4) is 0 Å². The number of likely N-dealkylation sites (tertiary alicyclic amines) is 2. The van der Waals surface area contributed by atoms with Crippen molar-refractivity contribution in [1.29, 1.82) is 0 Å². The molecule has 33 heavy (non-hydrogen) atoms. The van der Waals surface area contributed by atoms with E-state index in [1.807, 2.05) is 22.8 Å². The third kappa shape index (κ3) is 4.03. The highest BCUT2D eigenvalue weighted by Gasteiger charge is 2.32. The van der Waals surface area contributed by atoms with Gasteiger partial charge in [-0.2, -0.15) is 0 Å². The predicted octanol–water partition coefficient (Wildman–Crippen LogP) is 2.26. The van der Waals surface area contributed by atoms with Gasteiger partial charge in [0.2, 0.25) is 5.91 Å². The number of amides is 2. The molecule has 0 aliphatic carbocycles. The summed E-state index contributed by atoms with van der Waals surface area (Å²) >= 11 is 0. The van der Waals surface area contributed by atoms with Gasteiger partial charge in [0.1, 0.15) is 0 Å². The van der Waals surface area contributed by atoms with Gasteiger partial charge in [-0.1, -0.05) is 0 Å². The first-order valence-electron chi connectivity index (χ1n) is 11.6. The molecule has 2 fully saturated rings. The van der Waals surface area contributed by atoms with Crippen molar-refractivity contribution in [2.75, 3.05) is 19.6 Å². The highest BCUT2D eigenvalue weighted by molar-refractivity contribution is 5.94. The Kier molecular flexibility index (Phi) is 5.70. The summed E-state index contributed by atoms with van der Waals surface area (Å²) in [5.41, 5.74) is 2.90. The van der Waals surface area contributed by atoms with Crippen molar-refractivity contribution in [3.8, 4) is 0 Å². The number of pyridine rings is 1.